The molecule has 0 spiro atoms. The normalized spacial score (nSPS) is 14.5. The van der Waals surface area contributed by atoms with Gasteiger partial charge in [0.05, 0.1) is 0 Å². The molecule has 2 aromatic carbocycles. The minimum atomic E-state index is -0.488. The number of rotatable bonds is 7. The monoisotopic (exact) mass is 338 g/mol. The van der Waals surface area contributed by atoms with Gasteiger partial charge in [0.15, 0.2) is 6.10 Å². The van der Waals surface area contributed by atoms with Gasteiger partial charge in [-0.25, -0.2) is 0 Å². The molecule has 132 valence electrons. The number of carbonyl (C=O) groups is 1. The smallest absolute Gasteiger partial charge is 0.260 e. The van der Waals surface area contributed by atoms with Gasteiger partial charge in [0.1, 0.15) is 5.75 Å². The van der Waals surface area contributed by atoms with Crippen molar-refractivity contribution in [3.8, 4) is 5.75 Å². The first-order valence-corrected chi connectivity index (χ1v) is 9.06. The van der Waals surface area contributed by atoms with Crippen LogP contribution in [0.5, 0.6) is 5.75 Å². The zero-order valence-electron chi connectivity index (χ0n) is 14.8. The number of carbonyl (C=O) groups excluding carboxylic acids is 1. The Balaban J connectivity index is 1.41. The van der Waals surface area contributed by atoms with E-state index in [1.807, 2.05) is 30.3 Å². The van der Waals surface area contributed by atoms with Gasteiger partial charge in [0.2, 0.25) is 0 Å². The van der Waals surface area contributed by atoms with Crippen LogP contribution in [0.1, 0.15) is 25.3 Å². The Hall–Kier alpha value is -2.49. The topological polar surface area (TPSA) is 41.6 Å². The molecule has 0 saturated carbocycles. The third kappa shape index (κ3) is 4.75. The van der Waals surface area contributed by atoms with Crippen molar-refractivity contribution in [1.82, 2.24) is 5.32 Å². The largest absolute Gasteiger partial charge is 0.481 e. The van der Waals surface area contributed by atoms with Crippen LogP contribution in [-0.4, -0.2) is 31.6 Å². The fraction of sp³-hybridized carbons (Fsp3) is 0.381. The number of nitrogens with zero attached hydrogens (tertiary/aromatic N) is 1. The molecular weight excluding hydrogens is 312 g/mol. The molecule has 1 amide bonds. The zero-order chi connectivity index (χ0) is 17.5. The van der Waals surface area contributed by atoms with Crippen LogP contribution in [-0.2, 0) is 11.2 Å². The number of benzene rings is 2. The molecule has 4 heteroatoms. The highest BCUT2D eigenvalue weighted by molar-refractivity contribution is 5.80. The summed E-state index contributed by atoms with van der Waals surface area (Å²) in [6.07, 6.45) is 2.81. The van der Waals surface area contributed by atoms with Crippen molar-refractivity contribution in [3.63, 3.8) is 0 Å². The van der Waals surface area contributed by atoms with Crippen LogP contribution in [0.25, 0.3) is 0 Å². The van der Waals surface area contributed by atoms with Gasteiger partial charge in [-0.1, -0.05) is 36.4 Å². The standard InChI is InChI=1S/C21H26N2O2/c1-17(25-19-11-3-2-4-12-19)21(24)22-14-8-16-23-15-7-10-18-9-5-6-13-20(18)23/h2-6,9,11-13,17H,7-8,10,14-16H2,1H3,(H,22,24)/t17-/m1/s1. The minimum absolute atomic E-state index is 0.0668. The quantitative estimate of drug-likeness (QED) is 0.787. The van der Waals surface area contributed by atoms with Crippen molar-refractivity contribution < 1.29 is 9.53 Å². The van der Waals surface area contributed by atoms with Gasteiger partial charge in [0.25, 0.3) is 5.91 Å². The predicted octanol–water partition coefficient (Wildman–Crippen LogP) is 3.41. The van der Waals surface area contributed by atoms with E-state index in [9.17, 15) is 4.79 Å². The van der Waals surface area contributed by atoms with Crippen LogP contribution >= 0.6 is 0 Å². The molecule has 1 atom stereocenters. The molecule has 0 saturated heterocycles. The summed E-state index contributed by atoms with van der Waals surface area (Å²) in [7, 11) is 0. The van der Waals surface area contributed by atoms with E-state index in [2.05, 4.69) is 34.5 Å². The van der Waals surface area contributed by atoms with Gasteiger partial charge < -0.3 is 15.0 Å². The Labute approximate surface area is 149 Å². The molecule has 3 rings (SSSR count). The van der Waals surface area contributed by atoms with E-state index in [0.717, 1.165) is 31.7 Å². The van der Waals surface area contributed by atoms with Crippen molar-refractivity contribution in [1.29, 1.82) is 0 Å². The van der Waals surface area contributed by atoms with E-state index >= 15 is 0 Å². The second-order valence-corrected chi connectivity index (χ2v) is 6.44. The number of ether oxygens (including phenoxy) is 1. The highest BCUT2D eigenvalue weighted by Crippen LogP contribution is 2.26. The Morgan fingerprint density at radius 2 is 1.92 bits per heavy atom. The third-order valence-corrected chi connectivity index (χ3v) is 4.54. The molecule has 0 unspecified atom stereocenters. The van der Waals surface area contributed by atoms with Crippen LogP contribution in [0, 0.1) is 0 Å². The fourth-order valence-corrected chi connectivity index (χ4v) is 3.23. The molecule has 1 N–H and O–H groups in total. The van der Waals surface area contributed by atoms with E-state index in [-0.39, 0.29) is 5.91 Å². The van der Waals surface area contributed by atoms with Crippen molar-refractivity contribution in [2.45, 2.75) is 32.3 Å². The van der Waals surface area contributed by atoms with Gasteiger partial charge in [-0.15, -0.1) is 0 Å². The van der Waals surface area contributed by atoms with Crippen LogP contribution < -0.4 is 15.0 Å². The Bertz CT molecular complexity index is 687. The summed E-state index contributed by atoms with van der Waals surface area (Å²) in [5, 5.41) is 2.98. The average molecular weight is 338 g/mol. The summed E-state index contributed by atoms with van der Waals surface area (Å²) >= 11 is 0. The lowest BCUT2D eigenvalue weighted by atomic mass is 10.0. The summed E-state index contributed by atoms with van der Waals surface area (Å²) in [5.41, 5.74) is 2.78. The molecule has 0 fully saturated rings. The van der Waals surface area contributed by atoms with E-state index in [4.69, 9.17) is 4.74 Å². The molecule has 0 aliphatic carbocycles. The summed E-state index contributed by atoms with van der Waals surface area (Å²) < 4.78 is 5.65. The lowest BCUT2D eigenvalue weighted by Crippen LogP contribution is -2.38. The van der Waals surface area contributed by atoms with E-state index in [1.165, 1.54) is 17.7 Å². The van der Waals surface area contributed by atoms with Gasteiger partial charge in [-0.3, -0.25) is 4.79 Å². The summed E-state index contributed by atoms with van der Waals surface area (Å²) in [6.45, 7) is 4.51. The molecule has 1 aliphatic heterocycles. The van der Waals surface area contributed by atoms with E-state index in [0.29, 0.717) is 6.54 Å². The number of hydrogen-bond donors (Lipinski definition) is 1. The first kappa shape index (κ1) is 17.3. The predicted molar refractivity (Wildman–Crippen MR) is 101 cm³/mol. The van der Waals surface area contributed by atoms with Crippen molar-refractivity contribution >= 4 is 11.6 Å². The third-order valence-electron chi connectivity index (χ3n) is 4.54. The van der Waals surface area contributed by atoms with Gasteiger partial charge in [-0.05, 0) is 49.9 Å². The van der Waals surface area contributed by atoms with E-state index < -0.39 is 6.10 Å². The van der Waals surface area contributed by atoms with Crippen LogP contribution in [0.2, 0.25) is 0 Å². The molecule has 0 bridgehead atoms. The maximum Gasteiger partial charge on any atom is 0.260 e. The Morgan fingerprint density at radius 1 is 1.16 bits per heavy atom. The second-order valence-electron chi connectivity index (χ2n) is 6.44. The van der Waals surface area contributed by atoms with Crippen molar-refractivity contribution in [2.75, 3.05) is 24.5 Å². The maximum atomic E-state index is 12.1. The molecule has 2 aromatic rings. The first-order chi connectivity index (χ1) is 12.2. The lowest BCUT2D eigenvalue weighted by molar-refractivity contribution is -0.127. The second kappa shape index (κ2) is 8.56. The van der Waals surface area contributed by atoms with Gasteiger partial charge in [-0.2, -0.15) is 0 Å². The molecule has 4 nitrogen and oxygen atoms in total. The summed E-state index contributed by atoms with van der Waals surface area (Å²) in [6, 6.07) is 18.1. The molecule has 1 heterocycles. The van der Waals surface area contributed by atoms with Crippen LogP contribution in [0.4, 0.5) is 5.69 Å². The number of amides is 1. The number of hydrogen-bond acceptors (Lipinski definition) is 3. The molecule has 25 heavy (non-hydrogen) atoms. The van der Waals surface area contributed by atoms with Crippen LogP contribution in [0.15, 0.2) is 54.6 Å². The molecule has 0 aromatic heterocycles. The van der Waals surface area contributed by atoms with Crippen molar-refractivity contribution in [3.05, 3.63) is 60.2 Å². The van der Waals surface area contributed by atoms with Gasteiger partial charge in [0, 0.05) is 25.3 Å². The number of fused-ring (bicyclic) bond motifs is 1. The first-order valence-electron chi connectivity index (χ1n) is 9.06. The highest BCUT2D eigenvalue weighted by Gasteiger charge is 2.17. The zero-order valence-corrected chi connectivity index (χ0v) is 14.8. The minimum Gasteiger partial charge on any atom is -0.481 e. The number of aryl methyl sites for hydroxylation is 1. The van der Waals surface area contributed by atoms with E-state index in [1.54, 1.807) is 6.92 Å². The Morgan fingerprint density at radius 3 is 2.76 bits per heavy atom. The number of anilines is 1. The fourth-order valence-electron chi connectivity index (χ4n) is 3.23. The number of nitrogens with one attached hydrogen (secondary N) is 1. The SMILES string of the molecule is C[C@@H](Oc1ccccc1)C(=O)NCCCN1CCCc2ccccc21. The maximum absolute atomic E-state index is 12.1. The average Bonchev–Trinajstić information content (AvgIpc) is 2.66. The molecular formula is C21H26N2O2. The lowest BCUT2D eigenvalue weighted by Gasteiger charge is -2.31. The number of para-hydroxylation sites is 2. The van der Waals surface area contributed by atoms with Gasteiger partial charge >= 0.3 is 0 Å². The summed E-state index contributed by atoms with van der Waals surface area (Å²) in [4.78, 5) is 14.6. The molecule has 1 aliphatic rings. The van der Waals surface area contributed by atoms with Crippen LogP contribution in [0.3, 0.4) is 0 Å². The summed E-state index contributed by atoms with van der Waals surface area (Å²) in [5.74, 6) is 0.651. The molecule has 0 radical (unpaired) electrons. The Kier molecular flexibility index (Phi) is 5.94. The highest BCUT2D eigenvalue weighted by atomic mass is 16.5. The van der Waals surface area contributed by atoms with Crippen molar-refractivity contribution in [2.24, 2.45) is 0 Å².